The number of rotatable bonds is 4. The molecule has 0 bridgehead atoms. The second-order valence-electron chi connectivity index (χ2n) is 5.45. The van der Waals surface area contributed by atoms with Crippen LogP contribution in [0.3, 0.4) is 0 Å². The Bertz CT molecular complexity index is 826. The molecule has 0 unspecified atom stereocenters. The van der Waals surface area contributed by atoms with Crippen molar-refractivity contribution in [1.29, 1.82) is 0 Å². The van der Waals surface area contributed by atoms with E-state index in [1.54, 1.807) is 31.2 Å². The highest BCUT2D eigenvalue weighted by molar-refractivity contribution is 6.18. The van der Waals surface area contributed by atoms with Crippen molar-refractivity contribution in [1.82, 2.24) is 0 Å². The average Bonchev–Trinajstić information content (AvgIpc) is 2.88. The summed E-state index contributed by atoms with van der Waals surface area (Å²) < 4.78 is 0. The number of hydrazone groups is 1. The molecule has 1 atom stereocenters. The Morgan fingerprint density at radius 3 is 2.38 bits per heavy atom. The van der Waals surface area contributed by atoms with E-state index in [-0.39, 0.29) is 11.7 Å². The predicted octanol–water partition coefficient (Wildman–Crippen LogP) is 3.76. The number of anilines is 1. The summed E-state index contributed by atoms with van der Waals surface area (Å²) >= 11 is 0. The molecule has 0 spiro atoms. The maximum atomic E-state index is 12.5. The Kier molecular flexibility index (Phi) is 4.29. The number of benzene rings is 2. The second kappa shape index (κ2) is 6.54. The first-order valence-electron chi connectivity index (χ1n) is 7.52. The molecule has 0 N–H and O–H groups in total. The number of ketones is 1. The smallest absolute Gasteiger partial charge is 0.280 e. The highest BCUT2D eigenvalue weighted by Crippen LogP contribution is 2.23. The molecule has 1 aliphatic heterocycles. The van der Waals surface area contributed by atoms with Crippen LogP contribution in [-0.2, 0) is 4.79 Å². The van der Waals surface area contributed by atoms with Crippen molar-refractivity contribution in [3.05, 3.63) is 60.2 Å². The van der Waals surface area contributed by atoms with Gasteiger partial charge in [-0.1, -0.05) is 18.2 Å². The van der Waals surface area contributed by atoms with Crippen LogP contribution in [0.25, 0.3) is 0 Å². The lowest BCUT2D eigenvalue weighted by atomic mass is 10.1. The summed E-state index contributed by atoms with van der Waals surface area (Å²) in [6.07, 6.45) is 0. The van der Waals surface area contributed by atoms with E-state index in [4.69, 9.17) is 0 Å². The van der Waals surface area contributed by atoms with Gasteiger partial charge in [0.05, 0.1) is 17.1 Å². The number of nitrogens with zero attached hydrogens (tertiary/aromatic N) is 4. The molecule has 2 aromatic carbocycles. The van der Waals surface area contributed by atoms with Crippen molar-refractivity contribution in [2.24, 2.45) is 15.3 Å². The number of hydrogen-bond donors (Lipinski definition) is 0. The zero-order valence-electron chi connectivity index (χ0n) is 13.4. The van der Waals surface area contributed by atoms with Crippen molar-refractivity contribution in [3.63, 3.8) is 0 Å². The highest BCUT2D eigenvalue weighted by atomic mass is 16.2. The summed E-state index contributed by atoms with van der Waals surface area (Å²) in [4.78, 5) is 23.8. The average molecular weight is 320 g/mol. The molecule has 0 saturated heterocycles. The molecule has 2 aromatic rings. The van der Waals surface area contributed by atoms with E-state index in [0.717, 1.165) is 0 Å². The standard InChI is InChI=1S/C18H16N4O2/c1-12-17(18(24)22(21-12)16-6-4-3-5-7-16)20-19-15-10-8-14(9-11-15)13(2)23/h3-11,17H,1-2H3/t17-/m1/s1. The Morgan fingerprint density at radius 2 is 1.75 bits per heavy atom. The fourth-order valence-electron chi connectivity index (χ4n) is 2.33. The van der Waals surface area contributed by atoms with Gasteiger partial charge in [0.1, 0.15) is 0 Å². The minimum Gasteiger partial charge on any atom is -0.295 e. The maximum absolute atomic E-state index is 12.5. The van der Waals surface area contributed by atoms with E-state index in [0.29, 0.717) is 22.6 Å². The van der Waals surface area contributed by atoms with E-state index >= 15 is 0 Å². The lowest BCUT2D eigenvalue weighted by molar-refractivity contribution is -0.117. The fraction of sp³-hybridized carbons (Fsp3) is 0.167. The normalized spacial score (nSPS) is 17.4. The molecular weight excluding hydrogens is 304 g/mol. The van der Waals surface area contributed by atoms with Gasteiger partial charge in [0.25, 0.3) is 5.91 Å². The second-order valence-corrected chi connectivity index (χ2v) is 5.45. The first kappa shape index (κ1) is 15.7. The van der Waals surface area contributed by atoms with Gasteiger partial charge in [-0.15, -0.1) is 0 Å². The van der Waals surface area contributed by atoms with Gasteiger partial charge in [0.2, 0.25) is 0 Å². The summed E-state index contributed by atoms with van der Waals surface area (Å²) in [5.41, 5.74) is 2.48. The quantitative estimate of drug-likeness (QED) is 0.635. The molecule has 1 heterocycles. The topological polar surface area (TPSA) is 74.5 Å². The third kappa shape index (κ3) is 3.12. The number of azo groups is 1. The van der Waals surface area contributed by atoms with Crippen molar-refractivity contribution in [3.8, 4) is 0 Å². The first-order chi connectivity index (χ1) is 11.6. The van der Waals surface area contributed by atoms with Crippen molar-refractivity contribution in [2.75, 3.05) is 5.01 Å². The molecule has 0 fully saturated rings. The van der Waals surface area contributed by atoms with Crippen LogP contribution >= 0.6 is 0 Å². The Balaban J connectivity index is 1.77. The Morgan fingerprint density at radius 1 is 1.08 bits per heavy atom. The molecule has 24 heavy (non-hydrogen) atoms. The number of carbonyl (C=O) groups excluding carboxylic acids is 2. The van der Waals surface area contributed by atoms with Gasteiger partial charge in [0, 0.05) is 5.56 Å². The molecule has 0 aromatic heterocycles. The first-order valence-corrected chi connectivity index (χ1v) is 7.52. The van der Waals surface area contributed by atoms with Crippen LogP contribution in [-0.4, -0.2) is 23.4 Å². The fourth-order valence-corrected chi connectivity index (χ4v) is 2.33. The molecule has 0 saturated carbocycles. The van der Waals surface area contributed by atoms with Crippen LogP contribution in [0.15, 0.2) is 69.9 Å². The van der Waals surface area contributed by atoms with E-state index in [1.807, 2.05) is 30.3 Å². The minimum absolute atomic E-state index is 0.00839. The number of amides is 1. The van der Waals surface area contributed by atoms with Gasteiger partial charge in [0.15, 0.2) is 11.8 Å². The molecule has 6 nitrogen and oxygen atoms in total. The molecule has 6 heteroatoms. The Labute approximate surface area is 139 Å². The summed E-state index contributed by atoms with van der Waals surface area (Å²) in [6.45, 7) is 3.26. The highest BCUT2D eigenvalue weighted by Gasteiger charge is 2.34. The zero-order valence-corrected chi connectivity index (χ0v) is 13.4. The van der Waals surface area contributed by atoms with Crippen molar-refractivity contribution >= 4 is 28.8 Å². The van der Waals surface area contributed by atoms with Crippen molar-refractivity contribution < 1.29 is 9.59 Å². The zero-order chi connectivity index (χ0) is 17.1. The molecular formula is C18H16N4O2. The summed E-state index contributed by atoms with van der Waals surface area (Å²) in [7, 11) is 0. The number of carbonyl (C=O) groups is 2. The van der Waals surface area contributed by atoms with Gasteiger partial charge >= 0.3 is 0 Å². The van der Waals surface area contributed by atoms with Gasteiger partial charge in [-0.3, -0.25) is 9.59 Å². The third-order valence-corrected chi connectivity index (χ3v) is 3.66. The lowest BCUT2D eigenvalue weighted by Gasteiger charge is -2.11. The molecule has 1 aliphatic rings. The minimum atomic E-state index is -0.724. The van der Waals surface area contributed by atoms with Gasteiger partial charge in [-0.25, -0.2) is 0 Å². The number of hydrogen-bond acceptors (Lipinski definition) is 5. The largest absolute Gasteiger partial charge is 0.295 e. The third-order valence-electron chi connectivity index (χ3n) is 3.66. The maximum Gasteiger partial charge on any atom is 0.280 e. The molecule has 1 amide bonds. The van der Waals surface area contributed by atoms with E-state index in [1.165, 1.54) is 11.9 Å². The van der Waals surface area contributed by atoms with Crippen molar-refractivity contribution in [2.45, 2.75) is 19.9 Å². The van der Waals surface area contributed by atoms with E-state index in [2.05, 4.69) is 15.3 Å². The van der Waals surface area contributed by atoms with Gasteiger partial charge in [-0.2, -0.15) is 20.3 Å². The van der Waals surface area contributed by atoms with Crippen LogP contribution in [0.4, 0.5) is 11.4 Å². The summed E-state index contributed by atoms with van der Waals surface area (Å²) in [5, 5.41) is 13.8. The lowest BCUT2D eigenvalue weighted by Crippen LogP contribution is -2.29. The summed E-state index contributed by atoms with van der Waals surface area (Å²) in [5.74, 6) is -0.242. The van der Waals surface area contributed by atoms with Crippen LogP contribution in [0, 0.1) is 0 Å². The van der Waals surface area contributed by atoms with E-state index in [9.17, 15) is 9.59 Å². The summed E-state index contributed by atoms with van der Waals surface area (Å²) in [6, 6.07) is 15.2. The number of para-hydroxylation sites is 1. The Hall–Kier alpha value is -3.15. The van der Waals surface area contributed by atoms with Gasteiger partial charge < -0.3 is 0 Å². The molecule has 120 valence electrons. The van der Waals surface area contributed by atoms with Crippen LogP contribution in [0.1, 0.15) is 24.2 Å². The monoisotopic (exact) mass is 320 g/mol. The van der Waals surface area contributed by atoms with Crippen LogP contribution in [0.5, 0.6) is 0 Å². The van der Waals surface area contributed by atoms with Gasteiger partial charge in [-0.05, 0) is 50.2 Å². The number of Topliss-reactive ketones (excluding diaryl/α,β-unsaturated/α-hetero) is 1. The predicted molar refractivity (Wildman–Crippen MR) is 91.8 cm³/mol. The molecule has 0 radical (unpaired) electrons. The molecule has 3 rings (SSSR count). The molecule has 0 aliphatic carbocycles. The van der Waals surface area contributed by atoms with Crippen LogP contribution < -0.4 is 5.01 Å². The van der Waals surface area contributed by atoms with Crippen LogP contribution in [0.2, 0.25) is 0 Å². The van der Waals surface area contributed by atoms with E-state index < -0.39 is 6.04 Å². The SMILES string of the molecule is CC(=O)c1ccc(N=N[C@H]2C(=O)N(c3ccccc3)N=C2C)cc1.